The maximum Gasteiger partial charge on any atom is -0.0363 e. The lowest BCUT2D eigenvalue weighted by atomic mass is 9.75. The van der Waals surface area contributed by atoms with E-state index in [9.17, 15) is 0 Å². The van der Waals surface area contributed by atoms with Gasteiger partial charge in [-0.25, -0.2) is 0 Å². The fraction of sp³-hybridized carbons (Fsp3) is 1.00. The SMILES string of the molecule is CCCCCCCCCCCCCCC(C)C(CCC(C)CCCC(C)C)C(C)CC.CCCCCCCCCCCCCCC(C)CCC(C)CCCC(C)CCCC(C)C. The minimum atomic E-state index is 0.871. The Bertz CT molecular complexity index is 809. The molecule has 0 amide bonds. The van der Waals surface area contributed by atoms with Gasteiger partial charge in [-0.05, 0) is 59.7 Å². The molecule has 0 aromatic rings. The molecule has 0 spiro atoms. The second-order valence-electron chi connectivity index (χ2n) is 23.5. The van der Waals surface area contributed by atoms with Gasteiger partial charge in [-0.15, -0.1) is 0 Å². The molecule has 0 heterocycles. The minimum Gasteiger partial charge on any atom is -0.0654 e. The molecule has 7 unspecified atom stereocenters. The standard InChI is InChI=1S/2C31H64/c1-8-10-11-12-13-14-15-16-17-18-19-20-24-30(7)31(29(6)9-2)26-25-28(5)23-21-22-27(3)4;1-7-8-9-10-11-12-13-14-15-16-17-18-22-30(5)26-27-31(6)25-20-24-29(4)23-19-21-28(2)3/h27-31H,8-26H2,1-7H3;28-31H,7-27H2,1-6H3. The molecule has 0 aliphatic heterocycles. The van der Waals surface area contributed by atoms with Crippen LogP contribution in [0.1, 0.15) is 347 Å². The van der Waals surface area contributed by atoms with Crippen LogP contribution in [0.2, 0.25) is 0 Å². The van der Waals surface area contributed by atoms with Crippen LogP contribution in [0.3, 0.4) is 0 Å². The summed E-state index contributed by atoms with van der Waals surface area (Å²) in [6, 6.07) is 0. The van der Waals surface area contributed by atoms with E-state index in [4.69, 9.17) is 0 Å². The third-order valence-electron chi connectivity index (χ3n) is 15.7. The predicted octanol–water partition coefficient (Wildman–Crippen LogP) is 23.4. The first-order valence-electron chi connectivity index (χ1n) is 29.9. The molecule has 0 aliphatic rings. The van der Waals surface area contributed by atoms with Crippen molar-refractivity contribution in [2.24, 2.45) is 53.3 Å². The van der Waals surface area contributed by atoms with E-state index in [1.165, 1.54) is 257 Å². The maximum atomic E-state index is 2.57. The largest absolute Gasteiger partial charge is 0.0654 e. The van der Waals surface area contributed by atoms with Gasteiger partial charge in [0.2, 0.25) is 0 Å². The highest BCUT2D eigenvalue weighted by Gasteiger charge is 2.23. The van der Waals surface area contributed by atoms with Gasteiger partial charge in [0.25, 0.3) is 0 Å². The summed E-state index contributed by atoms with van der Waals surface area (Å²) in [7, 11) is 0. The minimum absolute atomic E-state index is 0.871. The molecule has 0 N–H and O–H groups in total. The zero-order valence-electron chi connectivity index (χ0n) is 46.5. The molecule has 0 heteroatoms. The van der Waals surface area contributed by atoms with Crippen molar-refractivity contribution in [3.05, 3.63) is 0 Å². The van der Waals surface area contributed by atoms with E-state index in [0.29, 0.717) is 0 Å². The second-order valence-corrected chi connectivity index (χ2v) is 23.5. The lowest BCUT2D eigenvalue weighted by Crippen LogP contribution is -2.20. The summed E-state index contributed by atoms with van der Waals surface area (Å²) in [6.07, 6.45) is 58.2. The van der Waals surface area contributed by atoms with Crippen molar-refractivity contribution in [2.45, 2.75) is 347 Å². The fourth-order valence-electron chi connectivity index (χ4n) is 10.5. The third kappa shape index (κ3) is 47.9. The predicted molar refractivity (Wildman–Crippen MR) is 290 cm³/mol. The maximum absolute atomic E-state index is 2.57. The molecule has 0 aliphatic carbocycles. The molecular weight excluding hydrogens is 745 g/mol. The van der Waals surface area contributed by atoms with Gasteiger partial charge < -0.3 is 0 Å². The Labute approximate surface area is 398 Å². The molecule has 0 aromatic heterocycles. The third-order valence-corrected chi connectivity index (χ3v) is 15.7. The van der Waals surface area contributed by atoms with Gasteiger partial charge in [0, 0.05) is 0 Å². The zero-order chi connectivity index (χ0) is 46.5. The fourth-order valence-corrected chi connectivity index (χ4v) is 10.5. The highest BCUT2D eigenvalue weighted by Crippen LogP contribution is 2.34. The summed E-state index contributed by atoms with van der Waals surface area (Å²) in [5.74, 6) is 8.26. The Morgan fingerprint density at radius 1 is 0.210 bits per heavy atom. The van der Waals surface area contributed by atoms with Crippen LogP contribution in [0.5, 0.6) is 0 Å². The normalized spacial score (nSPS) is 15.3. The van der Waals surface area contributed by atoms with Gasteiger partial charge >= 0.3 is 0 Å². The highest BCUT2D eigenvalue weighted by atomic mass is 14.3. The van der Waals surface area contributed by atoms with Gasteiger partial charge in [-0.2, -0.15) is 0 Å². The van der Waals surface area contributed by atoms with E-state index in [-0.39, 0.29) is 0 Å². The van der Waals surface area contributed by atoms with E-state index < -0.39 is 0 Å². The van der Waals surface area contributed by atoms with Crippen LogP contribution < -0.4 is 0 Å². The van der Waals surface area contributed by atoms with Crippen molar-refractivity contribution in [1.29, 1.82) is 0 Å². The molecule has 62 heavy (non-hydrogen) atoms. The first-order valence-corrected chi connectivity index (χ1v) is 29.9. The average Bonchev–Trinajstić information content (AvgIpc) is 3.23. The molecule has 0 radical (unpaired) electrons. The van der Waals surface area contributed by atoms with E-state index in [1.807, 2.05) is 0 Å². The summed E-state index contributed by atoms with van der Waals surface area (Å²) in [6.45, 7) is 31.5. The zero-order valence-corrected chi connectivity index (χ0v) is 46.5. The summed E-state index contributed by atoms with van der Waals surface area (Å²) in [5, 5.41) is 0. The van der Waals surface area contributed by atoms with Crippen molar-refractivity contribution < 1.29 is 0 Å². The van der Waals surface area contributed by atoms with Crippen molar-refractivity contribution >= 4 is 0 Å². The molecule has 376 valence electrons. The van der Waals surface area contributed by atoms with Gasteiger partial charge in [-0.1, -0.05) is 340 Å². The van der Waals surface area contributed by atoms with Crippen LogP contribution in [-0.4, -0.2) is 0 Å². The molecule has 0 bridgehead atoms. The molecule has 0 saturated carbocycles. The number of unbranched alkanes of at least 4 members (excludes halogenated alkanes) is 22. The molecule has 0 rings (SSSR count). The van der Waals surface area contributed by atoms with Crippen LogP contribution in [0.15, 0.2) is 0 Å². The Hall–Kier alpha value is 0. The van der Waals surface area contributed by atoms with Gasteiger partial charge in [0.1, 0.15) is 0 Å². The molecular formula is C62H128. The van der Waals surface area contributed by atoms with Crippen molar-refractivity contribution in [1.82, 2.24) is 0 Å². The van der Waals surface area contributed by atoms with Crippen LogP contribution in [-0.2, 0) is 0 Å². The van der Waals surface area contributed by atoms with Crippen LogP contribution in [0, 0.1) is 53.3 Å². The number of rotatable bonds is 47. The topological polar surface area (TPSA) is 0 Å². The van der Waals surface area contributed by atoms with Crippen LogP contribution in [0.25, 0.3) is 0 Å². The lowest BCUT2D eigenvalue weighted by molar-refractivity contribution is 0.203. The average molecular weight is 874 g/mol. The lowest BCUT2D eigenvalue weighted by Gasteiger charge is -2.30. The Morgan fingerprint density at radius 2 is 0.468 bits per heavy atom. The second kappa shape index (κ2) is 48.9. The van der Waals surface area contributed by atoms with Crippen LogP contribution in [0.4, 0.5) is 0 Å². The number of hydrogen-bond acceptors (Lipinski definition) is 0. The van der Waals surface area contributed by atoms with Crippen molar-refractivity contribution in [3.8, 4) is 0 Å². The van der Waals surface area contributed by atoms with Crippen LogP contribution >= 0.6 is 0 Å². The van der Waals surface area contributed by atoms with E-state index >= 15 is 0 Å². The Balaban J connectivity index is 0. The highest BCUT2D eigenvalue weighted by molar-refractivity contribution is 4.74. The first-order chi connectivity index (χ1) is 29.9. The summed E-state index contributed by atoms with van der Waals surface area (Å²) in [5.41, 5.74) is 0. The first kappa shape index (κ1) is 64.1. The summed E-state index contributed by atoms with van der Waals surface area (Å²) >= 11 is 0. The molecule has 0 nitrogen and oxygen atoms in total. The monoisotopic (exact) mass is 873 g/mol. The van der Waals surface area contributed by atoms with E-state index in [1.54, 1.807) is 0 Å². The molecule has 0 saturated heterocycles. The van der Waals surface area contributed by atoms with Crippen molar-refractivity contribution in [3.63, 3.8) is 0 Å². The van der Waals surface area contributed by atoms with Gasteiger partial charge in [0.05, 0.1) is 0 Å². The van der Waals surface area contributed by atoms with Gasteiger partial charge in [-0.3, -0.25) is 0 Å². The molecule has 0 fully saturated rings. The Morgan fingerprint density at radius 3 is 0.790 bits per heavy atom. The van der Waals surface area contributed by atoms with Crippen molar-refractivity contribution in [2.75, 3.05) is 0 Å². The molecule has 0 aromatic carbocycles. The smallest absolute Gasteiger partial charge is 0.0363 e. The molecule has 7 atom stereocenters. The quantitative estimate of drug-likeness (QED) is 0.0535. The van der Waals surface area contributed by atoms with E-state index in [2.05, 4.69) is 90.0 Å². The van der Waals surface area contributed by atoms with E-state index in [0.717, 1.165) is 53.3 Å². The summed E-state index contributed by atoms with van der Waals surface area (Å²) in [4.78, 5) is 0. The Kier molecular flexibility index (Phi) is 50.6. The summed E-state index contributed by atoms with van der Waals surface area (Å²) < 4.78 is 0. The van der Waals surface area contributed by atoms with Gasteiger partial charge in [0.15, 0.2) is 0 Å². The number of hydrogen-bond donors (Lipinski definition) is 0.